The SMILES string of the molecule is c1ccc(-c2cccc(-c3ccccc3)c2N2c3cc(-n4c5ccccc5c5ccccc54)cc4c3B(n3cccc32)n2cccc2N4c2c(-c3ccccc3)cccc2-c2ccccc2)cc1. The lowest BCUT2D eigenvalue weighted by molar-refractivity contribution is 1.00. The van der Waals surface area contributed by atoms with E-state index < -0.39 is 0 Å². The molecule has 0 unspecified atom stereocenters. The van der Waals surface area contributed by atoms with Gasteiger partial charge in [-0.1, -0.05) is 194 Å². The summed E-state index contributed by atoms with van der Waals surface area (Å²) >= 11 is 0. The lowest BCUT2D eigenvalue weighted by Crippen LogP contribution is -2.55. The Bertz CT molecular complexity index is 3510. The van der Waals surface area contributed by atoms with Crippen LogP contribution in [0, 0.1) is 0 Å². The maximum atomic E-state index is 2.56. The minimum atomic E-state index is -0.178. The molecule has 3 aromatic heterocycles. The summed E-state index contributed by atoms with van der Waals surface area (Å²) in [4.78, 5) is 5.12. The first-order chi connectivity index (χ1) is 33.8. The Morgan fingerprint density at radius 2 is 0.662 bits per heavy atom. The van der Waals surface area contributed by atoms with Crippen molar-refractivity contribution < 1.29 is 0 Å². The number of hydrogen-bond donors (Lipinski definition) is 0. The number of anilines is 6. The molecule has 0 spiro atoms. The highest BCUT2D eigenvalue weighted by atomic mass is 15.3. The van der Waals surface area contributed by atoms with Crippen LogP contribution in [0.1, 0.15) is 0 Å². The van der Waals surface area contributed by atoms with Crippen molar-refractivity contribution in [3.05, 3.63) is 255 Å². The number of aromatic nitrogens is 3. The van der Waals surface area contributed by atoms with Gasteiger partial charge in [0.25, 0.3) is 0 Å². The van der Waals surface area contributed by atoms with Crippen molar-refractivity contribution in [1.82, 2.24) is 13.5 Å². The Kier molecular flexibility index (Phi) is 8.61. The topological polar surface area (TPSA) is 21.3 Å². The third-order valence-electron chi connectivity index (χ3n) is 14.1. The summed E-state index contributed by atoms with van der Waals surface area (Å²) in [5.41, 5.74) is 18.4. The monoisotopic (exact) mass is 867 g/mol. The van der Waals surface area contributed by atoms with Crippen molar-refractivity contribution in [2.45, 2.75) is 0 Å². The van der Waals surface area contributed by atoms with Crippen LogP contribution in [0.2, 0.25) is 0 Å². The number of hydrogen-bond acceptors (Lipinski definition) is 2. The van der Waals surface area contributed by atoms with E-state index in [1.807, 2.05) is 0 Å². The number of nitrogens with zero attached hydrogens (tertiary/aromatic N) is 5. The van der Waals surface area contributed by atoms with Gasteiger partial charge in [0.05, 0.1) is 39.5 Å². The molecule has 0 fully saturated rings. The molecule has 0 atom stereocenters. The molecule has 9 aromatic carbocycles. The van der Waals surface area contributed by atoms with Crippen LogP contribution in [0.5, 0.6) is 0 Å². The molecule has 0 saturated heterocycles. The molecule has 2 aliphatic rings. The van der Waals surface area contributed by atoms with Crippen molar-refractivity contribution in [3.8, 4) is 50.2 Å². The van der Waals surface area contributed by atoms with Crippen LogP contribution < -0.4 is 15.3 Å². The lowest BCUT2D eigenvalue weighted by Gasteiger charge is -2.45. The van der Waals surface area contributed by atoms with Gasteiger partial charge in [-0.15, -0.1) is 0 Å². The third kappa shape index (κ3) is 5.71. The normalized spacial score (nSPS) is 12.6. The molecular weight excluding hydrogens is 826 g/mol. The molecule has 0 bridgehead atoms. The first-order valence-corrected chi connectivity index (χ1v) is 23.4. The predicted molar refractivity (Wildman–Crippen MR) is 284 cm³/mol. The van der Waals surface area contributed by atoms with Crippen LogP contribution in [-0.2, 0) is 0 Å². The molecule has 5 nitrogen and oxygen atoms in total. The second-order valence-electron chi connectivity index (χ2n) is 17.7. The minimum Gasteiger partial charge on any atom is -0.353 e. The van der Waals surface area contributed by atoms with E-state index in [4.69, 9.17) is 0 Å². The van der Waals surface area contributed by atoms with Gasteiger partial charge in [0.1, 0.15) is 11.6 Å². The molecule has 0 saturated carbocycles. The van der Waals surface area contributed by atoms with Gasteiger partial charge in [-0.05, 0) is 83.2 Å². The van der Waals surface area contributed by atoms with Crippen molar-refractivity contribution in [2.24, 2.45) is 0 Å². The fraction of sp³-hybridized carbons (Fsp3) is 0. The summed E-state index contributed by atoms with van der Waals surface area (Å²) < 4.78 is 7.44. The highest BCUT2D eigenvalue weighted by Gasteiger charge is 2.46. The Morgan fingerprint density at radius 3 is 1.04 bits per heavy atom. The zero-order valence-electron chi connectivity index (χ0n) is 37.1. The van der Waals surface area contributed by atoms with E-state index in [1.165, 1.54) is 16.2 Å². The van der Waals surface area contributed by atoms with Gasteiger partial charge in [0, 0.05) is 38.5 Å². The van der Waals surface area contributed by atoms with Gasteiger partial charge in [0.2, 0.25) is 0 Å². The second kappa shape index (κ2) is 15.3. The van der Waals surface area contributed by atoms with Crippen molar-refractivity contribution >= 4 is 68.6 Å². The Balaban J connectivity index is 1.16. The smallest absolute Gasteiger partial charge is 0.353 e. The van der Waals surface area contributed by atoms with Gasteiger partial charge in [-0.3, -0.25) is 9.80 Å². The lowest BCUT2D eigenvalue weighted by atomic mass is 9.62. The van der Waals surface area contributed by atoms with Crippen LogP contribution >= 0.6 is 0 Å². The van der Waals surface area contributed by atoms with E-state index in [-0.39, 0.29) is 6.98 Å². The molecule has 0 N–H and O–H groups in total. The number of rotatable bonds is 7. The van der Waals surface area contributed by atoms with E-state index in [9.17, 15) is 0 Å². The standard InChI is InChI=1S/C62H42BN5/c1-5-21-43(22-6-1)48-31-17-32-49(44-23-7-2-8-24-44)61(48)67-56-41-47(66-54-35-15-13-29-52(54)53-30-14-16-36-55(53)66)42-57-60(56)63(64-39-19-37-58(64)67)65-40-20-38-59(65)68(57)62-50(45-25-9-3-10-26-45)33-18-34-51(62)46-27-11-4-12-28-46/h1-42H. The molecule has 6 heteroatoms. The van der Waals surface area contributed by atoms with E-state index in [1.54, 1.807) is 0 Å². The van der Waals surface area contributed by atoms with Crippen molar-refractivity contribution in [3.63, 3.8) is 0 Å². The molecule has 0 radical (unpaired) electrons. The van der Waals surface area contributed by atoms with E-state index in [0.717, 1.165) is 95.6 Å². The van der Waals surface area contributed by atoms with E-state index in [2.05, 4.69) is 278 Å². The van der Waals surface area contributed by atoms with E-state index in [0.29, 0.717) is 0 Å². The molecule has 14 rings (SSSR count). The number of benzene rings is 9. The first kappa shape index (κ1) is 38.3. The largest absolute Gasteiger partial charge is 0.426 e. The number of fused-ring (bicyclic) bond motifs is 7. The summed E-state index contributed by atoms with van der Waals surface area (Å²) in [6, 6.07) is 88.7. The van der Waals surface area contributed by atoms with Gasteiger partial charge < -0.3 is 13.5 Å². The first-order valence-electron chi connectivity index (χ1n) is 23.4. The Hall–Kier alpha value is -9.00. The van der Waals surface area contributed by atoms with E-state index >= 15 is 0 Å². The molecule has 318 valence electrons. The fourth-order valence-corrected chi connectivity index (χ4v) is 11.2. The molecule has 0 aliphatic carbocycles. The average molecular weight is 868 g/mol. The Labute approximate surface area is 395 Å². The molecule has 68 heavy (non-hydrogen) atoms. The van der Waals surface area contributed by atoms with Crippen molar-refractivity contribution in [1.29, 1.82) is 0 Å². The maximum Gasteiger partial charge on any atom is 0.426 e. The van der Waals surface area contributed by atoms with Gasteiger partial charge >= 0.3 is 6.98 Å². The fourth-order valence-electron chi connectivity index (χ4n) is 11.2. The molecule has 2 aliphatic heterocycles. The Morgan fingerprint density at radius 1 is 0.309 bits per heavy atom. The van der Waals surface area contributed by atoms with Crippen LogP contribution in [0.25, 0.3) is 72.0 Å². The molecule has 0 amide bonds. The van der Waals surface area contributed by atoms with Crippen molar-refractivity contribution in [2.75, 3.05) is 9.80 Å². The zero-order valence-corrected chi connectivity index (χ0v) is 37.1. The van der Waals surface area contributed by atoms with Crippen LogP contribution in [0.15, 0.2) is 255 Å². The summed E-state index contributed by atoms with van der Waals surface area (Å²) in [5.74, 6) is 2.19. The van der Waals surface area contributed by atoms with Gasteiger partial charge in [0.15, 0.2) is 0 Å². The van der Waals surface area contributed by atoms with Crippen LogP contribution in [-0.4, -0.2) is 20.5 Å². The highest BCUT2D eigenvalue weighted by Crippen LogP contribution is 2.54. The highest BCUT2D eigenvalue weighted by molar-refractivity contribution is 6.76. The quantitative estimate of drug-likeness (QED) is 0.149. The number of para-hydroxylation sites is 4. The summed E-state index contributed by atoms with van der Waals surface area (Å²) in [6.45, 7) is -0.178. The molecule has 5 heterocycles. The summed E-state index contributed by atoms with van der Waals surface area (Å²) in [6.07, 6.45) is 4.53. The van der Waals surface area contributed by atoms with Crippen LogP contribution in [0.4, 0.5) is 34.4 Å². The summed E-state index contributed by atoms with van der Waals surface area (Å²) in [7, 11) is 0. The predicted octanol–water partition coefficient (Wildman–Crippen LogP) is 15.4. The van der Waals surface area contributed by atoms with Gasteiger partial charge in [-0.2, -0.15) is 0 Å². The zero-order chi connectivity index (χ0) is 44.7. The maximum absolute atomic E-state index is 2.56. The summed E-state index contributed by atoms with van der Waals surface area (Å²) in [5, 5.41) is 2.45. The molecular formula is C62H42BN5. The molecule has 12 aromatic rings. The second-order valence-corrected chi connectivity index (χ2v) is 17.7. The minimum absolute atomic E-state index is 0.178. The third-order valence-corrected chi connectivity index (χ3v) is 14.1. The average Bonchev–Trinajstić information content (AvgIpc) is 4.18. The van der Waals surface area contributed by atoms with Crippen LogP contribution in [0.3, 0.4) is 0 Å². The van der Waals surface area contributed by atoms with Gasteiger partial charge in [-0.25, -0.2) is 0 Å².